The molecule has 2 aromatic rings. The number of alkyl halides is 3. The first-order chi connectivity index (χ1) is 9.12. The highest BCUT2D eigenvalue weighted by molar-refractivity contribution is 9.10. The molecule has 4 unspecified atom stereocenters. The Kier molecular flexibility index (Phi) is 2.68. The van der Waals surface area contributed by atoms with E-state index in [1.54, 1.807) is 0 Å². The first kappa shape index (κ1) is 12.4. The molecule has 0 saturated carbocycles. The van der Waals surface area contributed by atoms with E-state index in [9.17, 15) is 0 Å². The maximum Gasteiger partial charge on any atom is 0.129 e. The van der Waals surface area contributed by atoms with Crippen molar-refractivity contribution in [3.63, 3.8) is 0 Å². The first-order valence-corrected chi connectivity index (χ1v) is 8.41. The minimum absolute atomic E-state index is 0.290. The van der Waals surface area contributed by atoms with E-state index in [1.165, 1.54) is 22.3 Å². The number of hydrogen-bond donors (Lipinski definition) is 0. The van der Waals surface area contributed by atoms with Gasteiger partial charge in [-0.3, -0.25) is 0 Å². The topological polar surface area (TPSA) is 0 Å². The fourth-order valence-corrected chi connectivity index (χ4v) is 6.55. The number of rotatable bonds is 0. The molecule has 0 N–H and O–H groups in total. The smallest absolute Gasteiger partial charge is 0.101 e. The Hall–Kier alpha value is -0.310. The van der Waals surface area contributed by atoms with Crippen molar-refractivity contribution in [2.75, 3.05) is 0 Å². The second-order valence-corrected chi connectivity index (χ2v) is 8.53. The van der Waals surface area contributed by atoms with E-state index >= 15 is 0 Å². The maximum absolute atomic E-state index is 6.87. The summed E-state index contributed by atoms with van der Waals surface area (Å²) in [7, 11) is 0. The van der Waals surface area contributed by atoms with Gasteiger partial charge in [0.15, 0.2) is 0 Å². The summed E-state index contributed by atoms with van der Waals surface area (Å²) in [5.41, 5.74) is 5.35. The van der Waals surface area contributed by atoms with E-state index in [2.05, 4.69) is 80.4 Å². The highest BCUT2D eigenvalue weighted by atomic mass is 79.9. The predicted molar refractivity (Wildman–Crippen MR) is 86.3 cm³/mol. The van der Waals surface area contributed by atoms with Crippen molar-refractivity contribution in [2.45, 2.75) is 14.5 Å². The maximum atomic E-state index is 6.87. The number of fused-ring (bicyclic) bond motifs is 5. The molecular formula is C16H11Br2Cl. The highest BCUT2D eigenvalue weighted by Crippen LogP contribution is 2.68. The van der Waals surface area contributed by atoms with Crippen molar-refractivity contribution in [2.24, 2.45) is 5.92 Å². The fraction of sp³-hybridized carbons (Fsp3) is 0.250. The highest BCUT2D eigenvalue weighted by Gasteiger charge is 2.57. The Morgan fingerprint density at radius 2 is 1.47 bits per heavy atom. The third-order valence-electron chi connectivity index (χ3n) is 4.38. The summed E-state index contributed by atoms with van der Waals surface area (Å²) in [6.07, 6.45) is 0. The van der Waals surface area contributed by atoms with E-state index in [4.69, 9.17) is 11.6 Å². The van der Waals surface area contributed by atoms with Crippen LogP contribution in [0, 0.1) is 5.92 Å². The summed E-state index contributed by atoms with van der Waals surface area (Å²) in [4.78, 5) is 0.290. The van der Waals surface area contributed by atoms with Gasteiger partial charge in [-0.05, 0) is 22.3 Å². The molecule has 0 radical (unpaired) electrons. The summed E-state index contributed by atoms with van der Waals surface area (Å²) in [5.74, 6) is 0.692. The largest absolute Gasteiger partial charge is 0.129 e. The van der Waals surface area contributed by atoms with E-state index in [0.29, 0.717) is 11.8 Å². The van der Waals surface area contributed by atoms with Crippen molar-refractivity contribution in [1.82, 2.24) is 0 Å². The molecule has 0 amide bonds. The van der Waals surface area contributed by atoms with Gasteiger partial charge in [0.2, 0.25) is 0 Å². The molecule has 0 nitrogen and oxygen atoms in total. The van der Waals surface area contributed by atoms with E-state index in [-0.39, 0.29) is 4.83 Å². The van der Waals surface area contributed by atoms with Crippen molar-refractivity contribution in [3.8, 4) is 0 Å². The van der Waals surface area contributed by atoms with Crippen LogP contribution in [0.25, 0.3) is 0 Å². The van der Waals surface area contributed by atoms with Crippen molar-refractivity contribution in [1.29, 1.82) is 0 Å². The Balaban J connectivity index is 2.02. The Bertz CT molecular complexity index is 665. The van der Waals surface area contributed by atoms with Crippen LogP contribution < -0.4 is 0 Å². The van der Waals surface area contributed by atoms with Gasteiger partial charge in [0.05, 0.1) is 0 Å². The molecular weight excluding hydrogens is 387 g/mol. The molecule has 4 rings (SSSR count). The monoisotopic (exact) mass is 396 g/mol. The van der Waals surface area contributed by atoms with Gasteiger partial charge in [-0.15, -0.1) is 11.6 Å². The third kappa shape index (κ3) is 1.51. The van der Waals surface area contributed by atoms with Gasteiger partial charge in [0.1, 0.15) is 3.78 Å². The summed E-state index contributed by atoms with van der Waals surface area (Å²) in [5, 5.41) is 0. The third-order valence-corrected chi connectivity index (χ3v) is 6.85. The molecule has 0 bridgehead atoms. The fourth-order valence-electron chi connectivity index (χ4n) is 3.61. The quantitative estimate of drug-likeness (QED) is 0.501. The average molecular weight is 399 g/mol. The molecule has 0 heterocycles. The summed E-state index contributed by atoms with van der Waals surface area (Å²) in [6.45, 7) is 0. The van der Waals surface area contributed by atoms with Gasteiger partial charge in [-0.25, -0.2) is 0 Å². The van der Waals surface area contributed by atoms with E-state index in [0.717, 1.165) is 0 Å². The molecule has 0 fully saturated rings. The van der Waals surface area contributed by atoms with Crippen LogP contribution in [-0.2, 0) is 3.78 Å². The first-order valence-electron chi connectivity index (χ1n) is 6.32. The molecule has 0 saturated heterocycles. The molecule has 2 aliphatic rings. The van der Waals surface area contributed by atoms with E-state index in [1.807, 2.05) is 0 Å². The zero-order valence-corrected chi connectivity index (χ0v) is 13.9. The predicted octanol–water partition coefficient (Wildman–Crippen LogP) is 5.68. The molecule has 4 atom stereocenters. The van der Waals surface area contributed by atoms with Crippen LogP contribution in [0.4, 0.5) is 0 Å². The van der Waals surface area contributed by atoms with Gasteiger partial charge >= 0.3 is 0 Å². The molecule has 0 aliphatic heterocycles. The standard InChI is InChI=1S/C16H11Br2Cl/c17-15-10-6-2-1-5-9(10)13-11-7-3-4-8-12(11)16(18,19)14(13)15/h1-8,13-15H. The lowest BCUT2D eigenvalue weighted by Crippen LogP contribution is -2.20. The molecule has 0 spiro atoms. The van der Waals surface area contributed by atoms with Crippen LogP contribution in [0.3, 0.4) is 0 Å². The lowest BCUT2D eigenvalue weighted by Gasteiger charge is -2.26. The summed E-state index contributed by atoms with van der Waals surface area (Å²) >= 11 is 14.5. The van der Waals surface area contributed by atoms with Crippen LogP contribution >= 0.6 is 43.5 Å². The van der Waals surface area contributed by atoms with Crippen LogP contribution in [0.15, 0.2) is 48.5 Å². The second-order valence-electron chi connectivity index (χ2n) is 5.24. The lowest BCUT2D eigenvalue weighted by atomic mass is 9.92. The molecule has 2 aliphatic carbocycles. The molecule has 2 aromatic carbocycles. The van der Waals surface area contributed by atoms with Crippen molar-refractivity contribution in [3.05, 3.63) is 70.8 Å². The Labute approximate surface area is 134 Å². The summed E-state index contributed by atoms with van der Waals surface area (Å²) < 4.78 is -0.485. The van der Waals surface area contributed by atoms with E-state index < -0.39 is 3.78 Å². The average Bonchev–Trinajstić information content (AvgIpc) is 2.85. The van der Waals surface area contributed by atoms with Crippen LogP contribution in [0.2, 0.25) is 0 Å². The van der Waals surface area contributed by atoms with Gasteiger partial charge in [-0.1, -0.05) is 80.4 Å². The Morgan fingerprint density at radius 3 is 2.21 bits per heavy atom. The second kappa shape index (κ2) is 4.09. The zero-order valence-electron chi connectivity index (χ0n) is 9.98. The number of halogens is 3. The van der Waals surface area contributed by atoms with Crippen LogP contribution in [-0.4, -0.2) is 0 Å². The van der Waals surface area contributed by atoms with Crippen LogP contribution in [0.1, 0.15) is 33.0 Å². The normalized spacial score (nSPS) is 34.8. The SMILES string of the molecule is ClC1(Br)c2ccccc2C2c3ccccc3C(Br)C21. The zero-order chi connectivity index (χ0) is 13.2. The summed E-state index contributed by atoms with van der Waals surface area (Å²) in [6, 6.07) is 17.2. The van der Waals surface area contributed by atoms with Gasteiger partial charge in [-0.2, -0.15) is 0 Å². The molecule has 96 valence electrons. The number of benzene rings is 2. The van der Waals surface area contributed by atoms with Crippen LogP contribution in [0.5, 0.6) is 0 Å². The molecule has 3 heteroatoms. The lowest BCUT2D eigenvalue weighted by molar-refractivity contribution is 0.506. The molecule has 0 aromatic heterocycles. The Morgan fingerprint density at radius 1 is 0.895 bits per heavy atom. The van der Waals surface area contributed by atoms with Gasteiger partial charge < -0.3 is 0 Å². The molecule has 19 heavy (non-hydrogen) atoms. The van der Waals surface area contributed by atoms with Crippen molar-refractivity contribution < 1.29 is 0 Å². The number of hydrogen-bond acceptors (Lipinski definition) is 0. The van der Waals surface area contributed by atoms with Crippen molar-refractivity contribution >= 4 is 43.5 Å². The minimum Gasteiger partial charge on any atom is -0.101 e. The minimum atomic E-state index is -0.485. The van der Waals surface area contributed by atoms with Gasteiger partial charge in [0.25, 0.3) is 0 Å². The van der Waals surface area contributed by atoms with Gasteiger partial charge in [0, 0.05) is 16.7 Å².